The Hall–Kier alpha value is -5.19. The lowest BCUT2D eigenvalue weighted by Crippen LogP contribution is -2.57. The van der Waals surface area contributed by atoms with Gasteiger partial charge in [-0.2, -0.15) is 0 Å². The van der Waals surface area contributed by atoms with Crippen LogP contribution in [0.4, 0.5) is 0 Å². The van der Waals surface area contributed by atoms with Crippen LogP contribution in [0.5, 0.6) is 5.75 Å². The lowest BCUT2D eigenvalue weighted by atomic mass is 10.0. The Labute approximate surface area is 246 Å². The Bertz CT molecular complexity index is 1260. The van der Waals surface area contributed by atoms with Crippen molar-refractivity contribution in [2.45, 2.75) is 62.7 Å². The second-order valence-electron chi connectivity index (χ2n) is 9.66. The van der Waals surface area contributed by atoms with Gasteiger partial charge in [-0.25, -0.2) is 9.78 Å². The third kappa shape index (κ3) is 12.5. The highest BCUT2D eigenvalue weighted by molar-refractivity contribution is 5.94. The lowest BCUT2D eigenvalue weighted by Gasteiger charge is -2.25. The molecule has 0 saturated carbocycles. The van der Waals surface area contributed by atoms with E-state index in [0.29, 0.717) is 11.3 Å². The number of aromatic hydroxyl groups is 1. The maximum absolute atomic E-state index is 13.3. The number of carboxylic acids is 2. The third-order valence-corrected chi connectivity index (χ3v) is 6.18. The number of hydrogen-bond acceptors (Lipinski definition) is 9. The molecule has 13 N–H and O–H groups in total. The van der Waals surface area contributed by atoms with E-state index >= 15 is 0 Å². The number of phenols is 1. The van der Waals surface area contributed by atoms with Crippen LogP contribution in [0, 0.1) is 0 Å². The summed E-state index contributed by atoms with van der Waals surface area (Å²) in [6.07, 6.45) is 2.07. The molecule has 234 valence electrons. The molecule has 3 amide bonds. The van der Waals surface area contributed by atoms with Crippen LogP contribution in [0.15, 0.2) is 41.8 Å². The van der Waals surface area contributed by atoms with Crippen molar-refractivity contribution >= 4 is 35.6 Å². The number of aliphatic imine (C=N–C) groups is 1. The summed E-state index contributed by atoms with van der Waals surface area (Å²) in [5, 5.41) is 35.5. The van der Waals surface area contributed by atoms with E-state index in [1.807, 2.05) is 0 Å². The largest absolute Gasteiger partial charge is 0.508 e. The molecule has 0 saturated heterocycles. The van der Waals surface area contributed by atoms with E-state index in [0.717, 1.165) is 0 Å². The fraction of sp³-hybridized carbons (Fsp3) is 0.423. The number of nitrogens with one attached hydrogen (secondary N) is 4. The summed E-state index contributed by atoms with van der Waals surface area (Å²) in [5.74, 6) is -5.18. The normalized spacial score (nSPS) is 13.5. The van der Waals surface area contributed by atoms with E-state index in [9.17, 15) is 39.3 Å². The number of amides is 3. The summed E-state index contributed by atoms with van der Waals surface area (Å²) >= 11 is 0. The average molecular weight is 604 g/mol. The van der Waals surface area contributed by atoms with E-state index in [1.165, 1.54) is 24.7 Å². The molecule has 1 aromatic heterocycles. The summed E-state index contributed by atoms with van der Waals surface area (Å²) < 4.78 is 0. The van der Waals surface area contributed by atoms with Crippen LogP contribution in [0.3, 0.4) is 0 Å². The summed E-state index contributed by atoms with van der Waals surface area (Å²) in [7, 11) is 0. The second-order valence-corrected chi connectivity index (χ2v) is 9.66. The van der Waals surface area contributed by atoms with Crippen molar-refractivity contribution in [2.75, 3.05) is 6.54 Å². The second kappa shape index (κ2) is 16.9. The molecule has 4 atom stereocenters. The first kappa shape index (κ1) is 34.0. The Morgan fingerprint density at radius 3 is 2.05 bits per heavy atom. The Balaban J connectivity index is 2.18. The molecule has 1 heterocycles. The number of guanidine groups is 1. The number of hydrogen-bond donors (Lipinski definition) is 10. The number of H-pyrrole nitrogens is 1. The van der Waals surface area contributed by atoms with Crippen molar-refractivity contribution in [3.05, 3.63) is 48.0 Å². The summed E-state index contributed by atoms with van der Waals surface area (Å²) in [4.78, 5) is 72.7. The van der Waals surface area contributed by atoms with Crippen LogP contribution in [0.2, 0.25) is 0 Å². The van der Waals surface area contributed by atoms with E-state index < -0.39 is 60.2 Å². The smallest absolute Gasteiger partial charge is 0.326 e. The van der Waals surface area contributed by atoms with Gasteiger partial charge < -0.3 is 53.5 Å². The Morgan fingerprint density at radius 2 is 1.49 bits per heavy atom. The fourth-order valence-corrected chi connectivity index (χ4v) is 3.93. The Kier molecular flexibility index (Phi) is 13.4. The van der Waals surface area contributed by atoms with Gasteiger partial charge >= 0.3 is 11.9 Å². The van der Waals surface area contributed by atoms with Crippen molar-refractivity contribution in [3.8, 4) is 5.75 Å². The van der Waals surface area contributed by atoms with Gasteiger partial charge in [0.15, 0.2) is 5.96 Å². The zero-order chi connectivity index (χ0) is 31.9. The van der Waals surface area contributed by atoms with Crippen LogP contribution < -0.4 is 33.2 Å². The molecule has 43 heavy (non-hydrogen) atoms. The van der Waals surface area contributed by atoms with Crippen molar-refractivity contribution in [2.24, 2.45) is 22.2 Å². The van der Waals surface area contributed by atoms with Crippen molar-refractivity contribution in [1.82, 2.24) is 25.9 Å². The molecule has 0 aliphatic carbocycles. The number of benzene rings is 1. The number of phenolic OH excluding ortho intramolecular Hbond substituents is 1. The van der Waals surface area contributed by atoms with Gasteiger partial charge in [0, 0.05) is 31.3 Å². The maximum Gasteiger partial charge on any atom is 0.326 e. The molecule has 17 nitrogen and oxygen atoms in total. The van der Waals surface area contributed by atoms with Crippen molar-refractivity contribution in [3.63, 3.8) is 0 Å². The van der Waals surface area contributed by atoms with Gasteiger partial charge in [0.05, 0.1) is 12.4 Å². The standard InChI is InChI=1S/C26H37N9O8/c27-17(10-14-3-5-16(36)6-4-14)22(39)33-19(7-8-21(37)38)24(41)34-18(2-1-9-31-26(28)29)23(40)35-20(25(42)43)11-15-12-30-13-32-15/h3-6,12-13,17-20,36H,1-2,7-11,27H2,(H,30,32)(H,33,39)(H,34,41)(H,35,40)(H,37,38)(H,42,43)(H4,28,29,31). The fourth-order valence-electron chi connectivity index (χ4n) is 3.93. The molecule has 0 bridgehead atoms. The summed E-state index contributed by atoms with van der Waals surface area (Å²) in [5.41, 5.74) is 17.7. The molecule has 0 aliphatic rings. The van der Waals surface area contributed by atoms with Gasteiger partial charge in [0.1, 0.15) is 23.9 Å². The SMILES string of the molecule is NC(N)=NCCCC(NC(=O)C(CCC(=O)O)NC(=O)C(N)Cc1ccc(O)cc1)C(=O)NC(Cc1cnc[nH]1)C(=O)O. The van der Waals surface area contributed by atoms with Gasteiger partial charge in [0.2, 0.25) is 17.7 Å². The molecule has 2 aromatic rings. The average Bonchev–Trinajstić information content (AvgIpc) is 3.46. The minimum absolute atomic E-state index is 0.0231. The number of imidazole rings is 1. The number of nitrogens with zero attached hydrogens (tertiary/aromatic N) is 2. The maximum atomic E-state index is 13.3. The van der Waals surface area contributed by atoms with Crippen LogP contribution in [0.1, 0.15) is 36.9 Å². The van der Waals surface area contributed by atoms with Gasteiger partial charge in [0.25, 0.3) is 0 Å². The molecule has 2 rings (SSSR count). The van der Waals surface area contributed by atoms with Crippen molar-refractivity contribution < 1.29 is 39.3 Å². The monoisotopic (exact) mass is 603 g/mol. The highest BCUT2D eigenvalue weighted by Crippen LogP contribution is 2.11. The van der Waals surface area contributed by atoms with Gasteiger partial charge in [-0.3, -0.25) is 24.2 Å². The van der Waals surface area contributed by atoms with E-state index in [1.54, 1.807) is 12.1 Å². The van der Waals surface area contributed by atoms with Gasteiger partial charge in [-0.1, -0.05) is 12.1 Å². The highest BCUT2D eigenvalue weighted by Gasteiger charge is 2.31. The van der Waals surface area contributed by atoms with E-state index in [2.05, 4.69) is 30.9 Å². The molecule has 0 fully saturated rings. The van der Waals surface area contributed by atoms with Crippen LogP contribution >= 0.6 is 0 Å². The first-order valence-electron chi connectivity index (χ1n) is 13.3. The van der Waals surface area contributed by atoms with Crippen LogP contribution in [-0.4, -0.2) is 91.6 Å². The topological polar surface area (TPSA) is 301 Å². The summed E-state index contributed by atoms with van der Waals surface area (Å²) in [6, 6.07) is 0.811. The quantitative estimate of drug-likeness (QED) is 0.0488. The number of rotatable bonds is 18. The highest BCUT2D eigenvalue weighted by atomic mass is 16.4. The van der Waals surface area contributed by atoms with E-state index in [-0.39, 0.29) is 50.4 Å². The van der Waals surface area contributed by atoms with Gasteiger partial charge in [-0.05, 0) is 43.4 Å². The molecular weight excluding hydrogens is 566 g/mol. The minimum Gasteiger partial charge on any atom is -0.508 e. The number of nitrogens with two attached hydrogens (primary N) is 3. The zero-order valence-electron chi connectivity index (χ0n) is 23.2. The first-order chi connectivity index (χ1) is 20.3. The Morgan fingerprint density at radius 1 is 0.884 bits per heavy atom. The van der Waals surface area contributed by atoms with Crippen molar-refractivity contribution in [1.29, 1.82) is 0 Å². The number of carbonyl (C=O) groups is 5. The first-order valence-corrected chi connectivity index (χ1v) is 13.3. The number of aromatic nitrogens is 2. The number of carbonyl (C=O) groups excluding carboxylic acids is 3. The summed E-state index contributed by atoms with van der Waals surface area (Å²) in [6.45, 7) is 0.101. The third-order valence-electron chi connectivity index (χ3n) is 6.18. The van der Waals surface area contributed by atoms with Crippen LogP contribution in [0.25, 0.3) is 0 Å². The molecular formula is C26H37N9O8. The van der Waals surface area contributed by atoms with E-state index in [4.69, 9.17) is 17.2 Å². The minimum atomic E-state index is -1.39. The number of carboxylic acid groups (broad SMARTS) is 2. The molecule has 4 unspecified atom stereocenters. The molecule has 0 radical (unpaired) electrons. The predicted molar refractivity (Wildman–Crippen MR) is 152 cm³/mol. The predicted octanol–water partition coefficient (Wildman–Crippen LogP) is -2.31. The number of aromatic amines is 1. The lowest BCUT2D eigenvalue weighted by molar-refractivity contribution is -0.142. The molecule has 0 spiro atoms. The molecule has 0 aliphatic heterocycles. The zero-order valence-corrected chi connectivity index (χ0v) is 23.2. The molecule has 17 heteroatoms. The van der Waals surface area contributed by atoms with Gasteiger partial charge in [-0.15, -0.1) is 0 Å². The molecule has 1 aromatic carbocycles. The van der Waals surface area contributed by atoms with Crippen LogP contribution in [-0.2, 0) is 36.8 Å². The number of aliphatic carboxylic acids is 2.